The third kappa shape index (κ3) is 13.0. The van der Waals surface area contributed by atoms with Gasteiger partial charge in [0.15, 0.2) is 6.10 Å². The summed E-state index contributed by atoms with van der Waals surface area (Å²) in [5.41, 5.74) is 0.148. The smallest absolute Gasteiger partial charge is 0.407 e. The van der Waals surface area contributed by atoms with E-state index in [0.717, 1.165) is 32.1 Å². The zero-order valence-electron chi connectivity index (χ0n) is 32.8. The quantitative estimate of drug-likeness (QED) is 0.171. The van der Waals surface area contributed by atoms with Crippen LogP contribution in [0, 0.1) is 23.2 Å². The average molecular weight is 743 g/mol. The summed E-state index contributed by atoms with van der Waals surface area (Å²) >= 11 is 0. The number of carbonyl (C=O) groups is 6. The molecule has 1 aromatic rings. The summed E-state index contributed by atoms with van der Waals surface area (Å²) in [6, 6.07) is 4.93. The van der Waals surface area contributed by atoms with Crippen molar-refractivity contribution in [3.8, 4) is 0 Å². The van der Waals surface area contributed by atoms with Crippen LogP contribution in [-0.4, -0.2) is 109 Å². The molecule has 5 atom stereocenters. The van der Waals surface area contributed by atoms with Crippen molar-refractivity contribution in [2.45, 2.75) is 117 Å². The molecule has 0 bridgehead atoms. The number of aliphatic hydroxyl groups excluding tert-OH is 1. The molecule has 1 saturated heterocycles. The van der Waals surface area contributed by atoms with Gasteiger partial charge in [-0.15, -0.1) is 0 Å². The molecule has 1 aliphatic heterocycles. The lowest BCUT2D eigenvalue weighted by molar-refractivity contribution is -0.142. The van der Waals surface area contributed by atoms with E-state index in [9.17, 15) is 33.9 Å². The summed E-state index contributed by atoms with van der Waals surface area (Å²) in [5.74, 6) is -2.76. The first kappa shape index (κ1) is 43.2. The standard InChI is InChI=1S/C39H62N6O8/c1-24(2)19-28(33(47)35(49)40-21-30(46)42-31(36(50)44(7)8)26-15-11-9-12-16-26)41-34(48)29-20-39(5,6)23-45(29)37(51)32(27-17-13-10-14-18-27)43-38(52)53-22-25(3)4/h9,11-12,15-16,24-25,27-29,31-33,47H,10,13-14,17-23H2,1-8H3,(H,40,49)(H,41,48)(H,42,46)(H,43,52)/t28-,29-,31-,32-,33?/m0/s1. The number of benzene rings is 1. The highest BCUT2D eigenvalue weighted by Crippen LogP contribution is 2.36. The molecule has 1 unspecified atom stereocenters. The summed E-state index contributed by atoms with van der Waals surface area (Å²) in [5, 5.41) is 22.0. The minimum absolute atomic E-state index is 0.0378. The summed E-state index contributed by atoms with van der Waals surface area (Å²) in [4.78, 5) is 83.1. The number of nitrogens with zero attached hydrogens (tertiary/aromatic N) is 2. The van der Waals surface area contributed by atoms with E-state index in [2.05, 4.69) is 21.3 Å². The lowest BCUT2D eigenvalue weighted by atomic mass is 9.83. The Bertz CT molecular complexity index is 1410. The molecule has 14 nitrogen and oxygen atoms in total. The Morgan fingerprint density at radius 2 is 1.57 bits per heavy atom. The van der Waals surface area contributed by atoms with E-state index in [1.165, 1.54) is 9.80 Å². The molecule has 0 radical (unpaired) electrons. The number of alkyl carbamates (subject to hydrolysis) is 1. The Labute approximate surface area is 314 Å². The second-order valence-corrected chi connectivity index (χ2v) is 16.4. The second-order valence-electron chi connectivity index (χ2n) is 16.4. The monoisotopic (exact) mass is 742 g/mol. The van der Waals surface area contributed by atoms with Gasteiger partial charge in [-0.3, -0.25) is 24.0 Å². The van der Waals surface area contributed by atoms with Gasteiger partial charge in [0.1, 0.15) is 18.1 Å². The van der Waals surface area contributed by atoms with Crippen LogP contribution in [0.25, 0.3) is 0 Å². The van der Waals surface area contributed by atoms with Crippen LogP contribution >= 0.6 is 0 Å². The van der Waals surface area contributed by atoms with E-state index in [4.69, 9.17) is 4.74 Å². The Hall–Kier alpha value is -4.20. The topological polar surface area (TPSA) is 186 Å². The molecule has 1 saturated carbocycles. The molecule has 5 N–H and O–H groups in total. The van der Waals surface area contributed by atoms with E-state index in [-0.39, 0.29) is 49.1 Å². The molecular formula is C39H62N6O8. The molecule has 296 valence electrons. The first-order chi connectivity index (χ1) is 24.9. The van der Waals surface area contributed by atoms with E-state index in [1.54, 1.807) is 44.4 Å². The van der Waals surface area contributed by atoms with Gasteiger partial charge in [-0.2, -0.15) is 0 Å². The highest BCUT2D eigenvalue weighted by Gasteiger charge is 2.47. The molecule has 6 amide bonds. The Balaban J connectivity index is 1.73. The number of likely N-dealkylation sites (tertiary alicyclic amines) is 1. The predicted molar refractivity (Wildman–Crippen MR) is 200 cm³/mol. The molecule has 2 aliphatic rings. The van der Waals surface area contributed by atoms with Crippen molar-refractivity contribution >= 4 is 35.6 Å². The van der Waals surface area contributed by atoms with Crippen molar-refractivity contribution in [2.75, 3.05) is 33.8 Å². The molecule has 0 spiro atoms. The van der Waals surface area contributed by atoms with Crippen molar-refractivity contribution in [1.82, 2.24) is 31.1 Å². The van der Waals surface area contributed by atoms with Crippen molar-refractivity contribution in [3.05, 3.63) is 35.9 Å². The van der Waals surface area contributed by atoms with E-state index >= 15 is 0 Å². The fourth-order valence-electron chi connectivity index (χ4n) is 7.09. The fraction of sp³-hybridized carbons (Fsp3) is 0.692. The first-order valence-electron chi connectivity index (χ1n) is 19.0. The molecule has 2 fully saturated rings. The van der Waals surface area contributed by atoms with Gasteiger partial charge < -0.3 is 40.9 Å². The van der Waals surface area contributed by atoms with Gasteiger partial charge >= 0.3 is 6.09 Å². The first-order valence-corrected chi connectivity index (χ1v) is 19.0. The molecule has 1 aromatic carbocycles. The Morgan fingerprint density at radius 3 is 2.15 bits per heavy atom. The van der Waals surface area contributed by atoms with Crippen LogP contribution in [-0.2, 0) is 28.7 Å². The number of rotatable bonds is 16. The summed E-state index contributed by atoms with van der Waals surface area (Å²) in [7, 11) is 3.15. The van der Waals surface area contributed by atoms with Crippen LogP contribution in [0.15, 0.2) is 30.3 Å². The van der Waals surface area contributed by atoms with Gasteiger partial charge in [0.25, 0.3) is 5.91 Å². The number of hydrogen-bond acceptors (Lipinski definition) is 8. The molecule has 1 heterocycles. The normalized spacial score (nSPS) is 19.5. The number of nitrogens with one attached hydrogen (secondary N) is 4. The highest BCUT2D eigenvalue weighted by molar-refractivity contribution is 5.94. The summed E-state index contributed by atoms with van der Waals surface area (Å²) in [6.07, 6.45) is 2.66. The number of amides is 6. The number of ether oxygens (including phenoxy) is 1. The fourth-order valence-corrected chi connectivity index (χ4v) is 7.09. The minimum atomic E-state index is -1.71. The molecule has 1 aliphatic carbocycles. The number of aliphatic hydroxyl groups is 1. The molecule has 53 heavy (non-hydrogen) atoms. The van der Waals surface area contributed by atoms with Crippen molar-refractivity contribution < 1.29 is 38.6 Å². The van der Waals surface area contributed by atoms with Crippen LogP contribution in [0.4, 0.5) is 4.79 Å². The van der Waals surface area contributed by atoms with Crippen LogP contribution in [0.5, 0.6) is 0 Å². The third-order valence-electron chi connectivity index (χ3n) is 9.77. The predicted octanol–water partition coefficient (Wildman–Crippen LogP) is 2.90. The largest absolute Gasteiger partial charge is 0.449 e. The highest BCUT2D eigenvalue weighted by atomic mass is 16.5. The SMILES string of the molecule is CC(C)COC(=O)N[C@H](C(=O)N1CC(C)(C)C[C@H]1C(=O)N[C@@H](CC(C)C)C(O)C(=O)NCC(=O)N[C@H](C(=O)N(C)C)c1ccccc1)C1CCCCC1. The summed E-state index contributed by atoms with van der Waals surface area (Å²) in [6.45, 7) is 11.5. The molecule has 14 heteroatoms. The van der Waals surface area contributed by atoms with Crippen LogP contribution < -0.4 is 21.3 Å². The molecule has 3 rings (SSSR count). The Morgan fingerprint density at radius 1 is 0.925 bits per heavy atom. The molecular weight excluding hydrogens is 680 g/mol. The zero-order chi connectivity index (χ0) is 39.5. The number of likely N-dealkylation sites (N-methyl/N-ethyl adjacent to an activating group) is 1. The van der Waals surface area contributed by atoms with Gasteiger partial charge in [0.05, 0.1) is 19.2 Å². The van der Waals surface area contributed by atoms with Gasteiger partial charge in [-0.1, -0.05) is 91.1 Å². The van der Waals surface area contributed by atoms with E-state index in [0.29, 0.717) is 12.0 Å². The lowest BCUT2D eigenvalue weighted by Gasteiger charge is -2.35. The average Bonchev–Trinajstić information content (AvgIpc) is 3.45. The summed E-state index contributed by atoms with van der Waals surface area (Å²) < 4.78 is 5.38. The number of carbonyl (C=O) groups excluding carboxylic acids is 6. The van der Waals surface area contributed by atoms with Gasteiger partial charge in [-0.25, -0.2) is 4.79 Å². The lowest BCUT2D eigenvalue weighted by Crippen LogP contribution is -2.59. The minimum Gasteiger partial charge on any atom is -0.449 e. The Kier molecular flexibility index (Phi) is 16.1. The number of hydrogen-bond donors (Lipinski definition) is 5. The second kappa shape index (κ2) is 19.8. The van der Waals surface area contributed by atoms with Crippen LogP contribution in [0.2, 0.25) is 0 Å². The van der Waals surface area contributed by atoms with Crippen LogP contribution in [0.3, 0.4) is 0 Å². The maximum atomic E-state index is 14.3. The molecule has 0 aromatic heterocycles. The third-order valence-corrected chi connectivity index (χ3v) is 9.77. The van der Waals surface area contributed by atoms with Gasteiger partial charge in [0, 0.05) is 20.6 Å². The zero-order valence-corrected chi connectivity index (χ0v) is 32.8. The van der Waals surface area contributed by atoms with Crippen molar-refractivity contribution in [3.63, 3.8) is 0 Å². The van der Waals surface area contributed by atoms with Crippen molar-refractivity contribution in [2.24, 2.45) is 23.2 Å². The van der Waals surface area contributed by atoms with Crippen molar-refractivity contribution in [1.29, 1.82) is 0 Å². The van der Waals surface area contributed by atoms with E-state index in [1.807, 2.05) is 41.5 Å². The van der Waals surface area contributed by atoms with E-state index < -0.39 is 66.0 Å². The van der Waals surface area contributed by atoms with Gasteiger partial charge in [0.2, 0.25) is 23.6 Å². The van der Waals surface area contributed by atoms with Crippen LogP contribution in [0.1, 0.15) is 98.1 Å². The van der Waals surface area contributed by atoms with Gasteiger partial charge in [-0.05, 0) is 54.4 Å². The maximum absolute atomic E-state index is 14.3. The maximum Gasteiger partial charge on any atom is 0.407 e.